The molecular formula is C22H27IN4O4S. The average molecular weight is 570 g/mol. The number of aliphatic hydroxyl groups is 1. The Hall–Kier alpha value is -2.05. The summed E-state index contributed by atoms with van der Waals surface area (Å²) in [5.74, 6) is -0.824. The molecule has 8 nitrogen and oxygen atoms in total. The second-order valence-electron chi connectivity index (χ2n) is 8.22. The van der Waals surface area contributed by atoms with Crippen LogP contribution in [0.15, 0.2) is 29.8 Å². The zero-order valence-corrected chi connectivity index (χ0v) is 21.1. The smallest absolute Gasteiger partial charge is 0.281 e. The van der Waals surface area contributed by atoms with Gasteiger partial charge in [0.1, 0.15) is 12.1 Å². The molecule has 32 heavy (non-hydrogen) atoms. The Labute approximate surface area is 204 Å². The molecule has 1 aliphatic heterocycles. The van der Waals surface area contributed by atoms with Gasteiger partial charge < -0.3 is 20.6 Å². The number of β-amino-alcohol motifs (C(OH)–C–C–N with tert-alkyl or cyclic N) is 1. The van der Waals surface area contributed by atoms with Crippen LogP contribution in [0.2, 0.25) is 0 Å². The number of nitrogens with zero attached hydrogens (tertiary/aromatic N) is 2. The number of benzene rings is 1. The quantitative estimate of drug-likeness (QED) is 0.270. The number of nitrogens with one attached hydrogen (secondary N) is 2. The molecule has 2 heterocycles. The van der Waals surface area contributed by atoms with Crippen LogP contribution >= 0.6 is 33.9 Å². The summed E-state index contributed by atoms with van der Waals surface area (Å²) in [4.78, 5) is 44.2. The SMILES string of the molecule is Cc1ncsc1-c1ccc(CNC(=O)C2CC(O)CN2C(=O)C(NC(=O)I)C(C)C)cc1. The topological polar surface area (TPSA) is 112 Å². The van der Waals surface area contributed by atoms with Crippen LogP contribution in [0.4, 0.5) is 4.79 Å². The monoisotopic (exact) mass is 570 g/mol. The molecule has 0 spiro atoms. The third-order valence-corrected chi connectivity index (χ3v) is 6.78. The number of hydrogen-bond donors (Lipinski definition) is 3. The van der Waals surface area contributed by atoms with Gasteiger partial charge in [0.25, 0.3) is 3.91 Å². The predicted molar refractivity (Wildman–Crippen MR) is 131 cm³/mol. The van der Waals surface area contributed by atoms with Crippen LogP contribution in [0.25, 0.3) is 10.4 Å². The third-order valence-electron chi connectivity index (χ3n) is 5.49. The molecule has 3 N–H and O–H groups in total. The van der Waals surface area contributed by atoms with E-state index in [-0.39, 0.29) is 34.6 Å². The van der Waals surface area contributed by atoms with Gasteiger partial charge in [-0.2, -0.15) is 0 Å². The first-order chi connectivity index (χ1) is 15.2. The number of amides is 3. The number of rotatable bonds is 7. The first-order valence-corrected chi connectivity index (χ1v) is 12.3. The van der Waals surface area contributed by atoms with E-state index in [0.29, 0.717) is 6.54 Å². The van der Waals surface area contributed by atoms with Crippen LogP contribution in [0.1, 0.15) is 31.5 Å². The summed E-state index contributed by atoms with van der Waals surface area (Å²) in [6.07, 6.45) is -0.607. The highest BCUT2D eigenvalue weighted by atomic mass is 127. The second kappa shape index (κ2) is 10.7. The van der Waals surface area contributed by atoms with Crippen LogP contribution in [0.3, 0.4) is 0 Å². The van der Waals surface area contributed by atoms with Gasteiger partial charge in [0.05, 0.1) is 22.2 Å². The fourth-order valence-electron chi connectivity index (χ4n) is 3.78. The van der Waals surface area contributed by atoms with Gasteiger partial charge in [0.15, 0.2) is 0 Å². The minimum atomic E-state index is -0.778. The molecule has 0 aliphatic carbocycles. The van der Waals surface area contributed by atoms with E-state index in [0.717, 1.165) is 21.7 Å². The van der Waals surface area contributed by atoms with Crippen LogP contribution in [-0.2, 0) is 16.1 Å². The highest BCUT2D eigenvalue weighted by molar-refractivity contribution is 14.1. The van der Waals surface area contributed by atoms with Gasteiger partial charge in [-0.25, -0.2) is 4.98 Å². The lowest BCUT2D eigenvalue weighted by Gasteiger charge is -2.29. The number of carbonyl (C=O) groups excluding carboxylic acids is 3. The van der Waals surface area contributed by atoms with Gasteiger partial charge in [-0.3, -0.25) is 14.4 Å². The van der Waals surface area contributed by atoms with Gasteiger partial charge in [-0.15, -0.1) is 11.3 Å². The molecule has 3 amide bonds. The molecule has 3 unspecified atom stereocenters. The molecule has 172 valence electrons. The normalized spacial score (nSPS) is 19.1. The van der Waals surface area contributed by atoms with Crippen molar-refractivity contribution in [2.24, 2.45) is 5.92 Å². The van der Waals surface area contributed by atoms with E-state index in [2.05, 4.69) is 15.6 Å². The Morgan fingerprint density at radius 3 is 2.53 bits per heavy atom. The van der Waals surface area contributed by atoms with Crippen LogP contribution in [0.5, 0.6) is 0 Å². The first-order valence-electron chi connectivity index (χ1n) is 10.4. The minimum Gasteiger partial charge on any atom is -0.391 e. The van der Waals surface area contributed by atoms with Crippen molar-refractivity contribution in [3.63, 3.8) is 0 Å². The summed E-state index contributed by atoms with van der Waals surface area (Å²) < 4.78 is -0.340. The van der Waals surface area contributed by atoms with E-state index in [9.17, 15) is 19.5 Å². The van der Waals surface area contributed by atoms with E-state index in [1.807, 2.05) is 50.5 Å². The average Bonchev–Trinajstić information content (AvgIpc) is 3.35. The summed E-state index contributed by atoms with van der Waals surface area (Å²) in [5.41, 5.74) is 4.81. The van der Waals surface area contributed by atoms with E-state index in [1.54, 1.807) is 33.9 Å². The van der Waals surface area contributed by atoms with Crippen molar-refractivity contribution < 1.29 is 19.5 Å². The van der Waals surface area contributed by atoms with Gasteiger partial charge >= 0.3 is 0 Å². The van der Waals surface area contributed by atoms with E-state index < -0.39 is 18.2 Å². The van der Waals surface area contributed by atoms with Crippen molar-refractivity contribution >= 4 is 49.7 Å². The molecule has 3 atom stereocenters. The maximum atomic E-state index is 13.0. The maximum absolute atomic E-state index is 13.0. The fraction of sp³-hybridized carbons (Fsp3) is 0.455. The Morgan fingerprint density at radius 2 is 1.97 bits per heavy atom. The zero-order chi connectivity index (χ0) is 23.4. The third kappa shape index (κ3) is 5.84. The summed E-state index contributed by atoms with van der Waals surface area (Å²) in [6, 6.07) is 6.37. The van der Waals surface area contributed by atoms with Crippen molar-refractivity contribution in [3.8, 4) is 10.4 Å². The predicted octanol–water partition coefficient (Wildman–Crippen LogP) is 2.87. The highest BCUT2D eigenvalue weighted by Gasteiger charge is 2.41. The number of halogens is 1. The van der Waals surface area contributed by atoms with Crippen molar-refractivity contribution in [2.75, 3.05) is 6.54 Å². The van der Waals surface area contributed by atoms with Crippen LogP contribution in [0, 0.1) is 12.8 Å². The molecule has 10 heteroatoms. The lowest BCUT2D eigenvalue weighted by atomic mass is 10.0. The highest BCUT2D eigenvalue weighted by Crippen LogP contribution is 2.27. The largest absolute Gasteiger partial charge is 0.391 e. The van der Waals surface area contributed by atoms with Gasteiger partial charge in [-0.1, -0.05) is 38.1 Å². The van der Waals surface area contributed by atoms with Gasteiger partial charge in [0, 0.05) is 42.1 Å². The van der Waals surface area contributed by atoms with Crippen molar-refractivity contribution in [3.05, 3.63) is 41.0 Å². The standard InChI is InChI=1S/C22H27IN4O4S/c1-12(2)18(26-22(23)31)21(30)27-10-16(28)8-17(27)20(29)24-9-14-4-6-15(7-5-14)19-13(3)25-11-32-19/h4-7,11-12,16-18,28H,8-10H2,1-3H3,(H,24,29)(H,26,31). The summed E-state index contributed by atoms with van der Waals surface area (Å²) in [5, 5.41) is 15.7. The van der Waals surface area contributed by atoms with E-state index in [4.69, 9.17) is 0 Å². The van der Waals surface area contributed by atoms with E-state index in [1.165, 1.54) is 4.90 Å². The molecule has 1 aliphatic rings. The lowest BCUT2D eigenvalue weighted by Crippen LogP contribution is -2.54. The minimum absolute atomic E-state index is 0.0696. The number of aliphatic hydroxyl groups excluding tert-OH is 1. The Kier molecular flexibility index (Phi) is 8.23. The number of carbonyl (C=O) groups is 3. The molecule has 0 radical (unpaired) electrons. The Balaban J connectivity index is 1.64. The number of aromatic nitrogens is 1. The molecule has 1 saturated heterocycles. The molecule has 0 bridgehead atoms. The van der Waals surface area contributed by atoms with Crippen molar-refractivity contribution in [2.45, 2.75) is 51.9 Å². The maximum Gasteiger partial charge on any atom is 0.281 e. The molecule has 2 aromatic rings. The Morgan fingerprint density at radius 1 is 1.28 bits per heavy atom. The number of thiazole rings is 1. The number of aryl methyl sites for hydroxylation is 1. The zero-order valence-electron chi connectivity index (χ0n) is 18.2. The molecule has 1 fully saturated rings. The van der Waals surface area contributed by atoms with Crippen LogP contribution in [-0.4, -0.2) is 55.5 Å². The number of hydrogen-bond acceptors (Lipinski definition) is 6. The fourth-order valence-corrected chi connectivity index (χ4v) is 4.93. The molecular weight excluding hydrogens is 543 g/mol. The summed E-state index contributed by atoms with van der Waals surface area (Å²) in [6.45, 7) is 6.01. The molecule has 3 rings (SSSR count). The van der Waals surface area contributed by atoms with Crippen LogP contribution < -0.4 is 10.6 Å². The van der Waals surface area contributed by atoms with Gasteiger partial charge in [0.2, 0.25) is 11.8 Å². The van der Waals surface area contributed by atoms with E-state index >= 15 is 0 Å². The number of likely N-dealkylation sites (tertiary alicyclic amines) is 1. The molecule has 0 saturated carbocycles. The van der Waals surface area contributed by atoms with Gasteiger partial charge in [-0.05, 0) is 24.0 Å². The summed E-state index contributed by atoms with van der Waals surface area (Å²) in [7, 11) is 0. The van der Waals surface area contributed by atoms with Crippen molar-refractivity contribution in [1.29, 1.82) is 0 Å². The Bertz CT molecular complexity index is 979. The molecule has 1 aromatic heterocycles. The summed E-state index contributed by atoms with van der Waals surface area (Å²) >= 11 is 3.17. The second-order valence-corrected chi connectivity index (χ2v) is 10.1. The van der Waals surface area contributed by atoms with Crippen molar-refractivity contribution in [1.82, 2.24) is 20.5 Å². The lowest BCUT2D eigenvalue weighted by molar-refractivity contribution is -0.140. The molecule has 1 aromatic carbocycles. The first kappa shape index (κ1) is 24.6.